The Hall–Kier alpha value is -1.71. The second kappa shape index (κ2) is 5.95. The van der Waals surface area contributed by atoms with E-state index < -0.39 is 21.0 Å². The van der Waals surface area contributed by atoms with Crippen molar-refractivity contribution in [3.8, 4) is 5.75 Å². The van der Waals surface area contributed by atoms with Crippen LogP contribution >= 0.6 is 0 Å². The first kappa shape index (κ1) is 15.3. The number of non-ortho nitro benzene ring substituents is 1. The van der Waals surface area contributed by atoms with Gasteiger partial charge >= 0.3 is 0 Å². The first-order valence-electron chi connectivity index (χ1n) is 5.36. The summed E-state index contributed by atoms with van der Waals surface area (Å²) in [6.07, 6.45) is 0. The summed E-state index contributed by atoms with van der Waals surface area (Å²) in [6.45, 7) is 1.74. The van der Waals surface area contributed by atoms with Crippen molar-refractivity contribution in [2.75, 3.05) is 13.7 Å². The van der Waals surface area contributed by atoms with Gasteiger partial charge in [-0.05, 0) is 13.0 Å². The fourth-order valence-electron chi connectivity index (χ4n) is 1.37. The molecule has 0 spiro atoms. The van der Waals surface area contributed by atoms with Gasteiger partial charge in [0.05, 0.1) is 18.1 Å². The van der Waals surface area contributed by atoms with Crippen LogP contribution in [0, 0.1) is 10.1 Å². The van der Waals surface area contributed by atoms with Crippen LogP contribution in [0.5, 0.6) is 5.75 Å². The maximum Gasteiger partial charge on any atom is 0.273 e. The first-order chi connectivity index (χ1) is 8.81. The Morgan fingerprint density at radius 1 is 1.53 bits per heavy atom. The minimum absolute atomic E-state index is 0.0917. The second-order valence-corrected chi connectivity index (χ2v) is 5.53. The van der Waals surface area contributed by atoms with Crippen LogP contribution in [0.4, 0.5) is 5.69 Å². The molecule has 106 valence electrons. The van der Waals surface area contributed by atoms with Crippen molar-refractivity contribution >= 4 is 15.7 Å². The zero-order chi connectivity index (χ0) is 14.6. The molecule has 1 aromatic rings. The molecule has 19 heavy (non-hydrogen) atoms. The van der Waals surface area contributed by atoms with E-state index in [0.717, 1.165) is 18.2 Å². The van der Waals surface area contributed by atoms with Gasteiger partial charge in [-0.25, -0.2) is 13.1 Å². The summed E-state index contributed by atoms with van der Waals surface area (Å²) in [4.78, 5) is 9.83. The highest BCUT2D eigenvalue weighted by Gasteiger charge is 2.23. The van der Waals surface area contributed by atoms with Gasteiger partial charge in [-0.1, -0.05) is 0 Å². The number of benzene rings is 1. The molecular formula is C10H15N3O5S. The van der Waals surface area contributed by atoms with Crippen LogP contribution in [-0.4, -0.2) is 33.0 Å². The number of methoxy groups -OCH3 is 1. The smallest absolute Gasteiger partial charge is 0.273 e. The van der Waals surface area contributed by atoms with Crippen molar-refractivity contribution in [2.45, 2.75) is 17.9 Å². The lowest BCUT2D eigenvalue weighted by atomic mass is 10.3. The average Bonchev–Trinajstić information content (AvgIpc) is 2.37. The van der Waals surface area contributed by atoms with Gasteiger partial charge in [-0.3, -0.25) is 10.1 Å². The van der Waals surface area contributed by atoms with Crippen LogP contribution in [0.3, 0.4) is 0 Å². The van der Waals surface area contributed by atoms with E-state index in [9.17, 15) is 18.5 Å². The van der Waals surface area contributed by atoms with Crippen LogP contribution in [0.1, 0.15) is 6.92 Å². The van der Waals surface area contributed by atoms with Gasteiger partial charge in [0.1, 0.15) is 10.6 Å². The number of hydrogen-bond donors (Lipinski definition) is 2. The Morgan fingerprint density at radius 2 is 2.16 bits per heavy atom. The normalized spacial score (nSPS) is 13.0. The molecule has 0 amide bonds. The number of nitro benzene ring substituents is 1. The van der Waals surface area contributed by atoms with Gasteiger partial charge in [0, 0.05) is 18.7 Å². The van der Waals surface area contributed by atoms with Crippen molar-refractivity contribution in [1.82, 2.24) is 4.72 Å². The van der Waals surface area contributed by atoms with E-state index in [-0.39, 0.29) is 22.9 Å². The lowest BCUT2D eigenvalue weighted by Crippen LogP contribution is -2.37. The quantitative estimate of drug-likeness (QED) is 0.570. The molecule has 9 heteroatoms. The molecular weight excluding hydrogens is 274 g/mol. The van der Waals surface area contributed by atoms with Crippen molar-refractivity contribution in [2.24, 2.45) is 5.73 Å². The third kappa shape index (κ3) is 3.63. The Labute approximate surface area is 110 Å². The van der Waals surface area contributed by atoms with E-state index in [4.69, 9.17) is 10.5 Å². The largest absolute Gasteiger partial charge is 0.495 e. The molecule has 0 aliphatic rings. The number of nitrogens with zero attached hydrogens (tertiary/aromatic N) is 1. The number of rotatable bonds is 6. The standard InChI is InChI=1S/C10H15N3O5S/c1-7(6-11)12-19(16,17)10-4-3-8(13(14)15)5-9(10)18-2/h3-5,7,12H,6,11H2,1-2H3/t7-/m1/s1. The van der Waals surface area contributed by atoms with E-state index in [0.29, 0.717) is 0 Å². The van der Waals surface area contributed by atoms with Gasteiger partial charge in [-0.15, -0.1) is 0 Å². The molecule has 3 N–H and O–H groups in total. The van der Waals surface area contributed by atoms with Gasteiger partial charge < -0.3 is 10.5 Å². The summed E-state index contributed by atoms with van der Waals surface area (Å²) < 4.78 is 31.3. The highest BCUT2D eigenvalue weighted by molar-refractivity contribution is 7.89. The predicted octanol–water partition coefficient (Wildman–Crippen LogP) is 0.229. The van der Waals surface area contributed by atoms with Crippen molar-refractivity contribution in [3.05, 3.63) is 28.3 Å². The Morgan fingerprint density at radius 3 is 2.63 bits per heavy atom. The highest BCUT2D eigenvalue weighted by Crippen LogP contribution is 2.28. The Balaban J connectivity index is 3.23. The van der Waals surface area contributed by atoms with Gasteiger partial charge in [-0.2, -0.15) is 0 Å². The van der Waals surface area contributed by atoms with Crippen LogP contribution in [0.2, 0.25) is 0 Å². The maximum absolute atomic E-state index is 12.0. The van der Waals surface area contributed by atoms with E-state index in [1.165, 1.54) is 7.11 Å². The SMILES string of the molecule is COc1cc([N+](=O)[O-])ccc1S(=O)(=O)N[C@H](C)CN. The molecule has 1 aromatic carbocycles. The summed E-state index contributed by atoms with van der Waals surface area (Å²) in [5, 5.41) is 10.6. The fourth-order valence-corrected chi connectivity index (χ4v) is 2.78. The van der Waals surface area contributed by atoms with Crippen LogP contribution in [0.15, 0.2) is 23.1 Å². The maximum atomic E-state index is 12.0. The first-order valence-corrected chi connectivity index (χ1v) is 6.85. The molecule has 0 aromatic heterocycles. The summed E-state index contributed by atoms with van der Waals surface area (Å²) in [7, 11) is -2.59. The minimum atomic E-state index is -3.83. The number of sulfonamides is 1. The summed E-state index contributed by atoms with van der Waals surface area (Å²) in [6, 6.07) is 2.83. The molecule has 0 aliphatic heterocycles. The molecule has 0 saturated carbocycles. The third-order valence-electron chi connectivity index (χ3n) is 2.36. The lowest BCUT2D eigenvalue weighted by molar-refractivity contribution is -0.385. The lowest BCUT2D eigenvalue weighted by Gasteiger charge is -2.14. The Kier molecular flexibility index (Phi) is 4.81. The van der Waals surface area contributed by atoms with E-state index in [1.54, 1.807) is 6.92 Å². The van der Waals surface area contributed by atoms with Gasteiger partial charge in [0.25, 0.3) is 5.69 Å². The van der Waals surface area contributed by atoms with E-state index in [2.05, 4.69) is 4.72 Å². The number of ether oxygens (including phenoxy) is 1. The highest BCUT2D eigenvalue weighted by atomic mass is 32.2. The summed E-state index contributed by atoms with van der Waals surface area (Å²) >= 11 is 0. The van der Waals surface area contributed by atoms with Crippen molar-refractivity contribution < 1.29 is 18.1 Å². The molecule has 0 radical (unpaired) electrons. The number of hydrogen-bond acceptors (Lipinski definition) is 6. The monoisotopic (exact) mass is 289 g/mol. The summed E-state index contributed by atoms with van der Waals surface area (Å²) in [5.74, 6) is -0.0917. The van der Waals surface area contributed by atoms with Gasteiger partial charge in [0.15, 0.2) is 0 Å². The molecule has 0 heterocycles. The van der Waals surface area contributed by atoms with E-state index in [1.807, 2.05) is 0 Å². The molecule has 0 saturated heterocycles. The number of nitrogens with two attached hydrogens (primary N) is 1. The topological polar surface area (TPSA) is 125 Å². The van der Waals surface area contributed by atoms with Gasteiger partial charge in [0.2, 0.25) is 10.0 Å². The zero-order valence-corrected chi connectivity index (χ0v) is 11.3. The van der Waals surface area contributed by atoms with Crippen LogP contribution < -0.4 is 15.2 Å². The van der Waals surface area contributed by atoms with Crippen molar-refractivity contribution in [3.63, 3.8) is 0 Å². The van der Waals surface area contributed by atoms with E-state index >= 15 is 0 Å². The van der Waals surface area contributed by atoms with Crippen LogP contribution in [0.25, 0.3) is 0 Å². The number of nitro groups is 1. The molecule has 1 rings (SSSR count). The molecule has 0 unspecified atom stereocenters. The molecule has 0 bridgehead atoms. The predicted molar refractivity (Wildman–Crippen MR) is 68.5 cm³/mol. The summed E-state index contributed by atoms with van der Waals surface area (Å²) in [5.41, 5.74) is 5.10. The zero-order valence-electron chi connectivity index (χ0n) is 10.5. The number of nitrogens with one attached hydrogen (secondary N) is 1. The molecule has 1 atom stereocenters. The fraction of sp³-hybridized carbons (Fsp3) is 0.400. The average molecular weight is 289 g/mol. The third-order valence-corrected chi connectivity index (χ3v) is 3.99. The second-order valence-electron chi connectivity index (χ2n) is 3.85. The minimum Gasteiger partial charge on any atom is -0.495 e. The Bertz CT molecular complexity index is 573. The molecule has 0 aliphatic carbocycles. The molecule has 0 fully saturated rings. The molecule has 8 nitrogen and oxygen atoms in total. The van der Waals surface area contributed by atoms with Crippen molar-refractivity contribution in [1.29, 1.82) is 0 Å². The van der Waals surface area contributed by atoms with Crippen LogP contribution in [-0.2, 0) is 10.0 Å².